The topological polar surface area (TPSA) is 111 Å². The van der Waals surface area contributed by atoms with Gasteiger partial charge in [0, 0.05) is 40.1 Å². The van der Waals surface area contributed by atoms with E-state index in [2.05, 4.69) is 5.32 Å². The number of aromatic nitrogens is 1. The lowest BCUT2D eigenvalue weighted by molar-refractivity contribution is -0.138. The van der Waals surface area contributed by atoms with E-state index < -0.39 is 33.4 Å². The molecule has 2 amide bonds. The second kappa shape index (κ2) is 11.3. The van der Waals surface area contributed by atoms with E-state index in [0.717, 1.165) is 6.07 Å². The molecular weight excluding hydrogens is 567 g/mol. The first-order chi connectivity index (χ1) is 18.8. The van der Waals surface area contributed by atoms with Crippen molar-refractivity contribution in [3.63, 3.8) is 0 Å². The van der Waals surface area contributed by atoms with Crippen LogP contribution in [0.4, 0.5) is 13.2 Å². The smallest absolute Gasteiger partial charge is 0.368 e. The molecule has 0 spiro atoms. The van der Waals surface area contributed by atoms with Gasteiger partial charge >= 0.3 is 6.18 Å². The fraction of sp³-hybridized carbons (Fsp3) is 0.214. The van der Waals surface area contributed by atoms with Gasteiger partial charge in [0.15, 0.2) is 9.84 Å². The molecule has 0 aliphatic carbocycles. The molecule has 0 radical (unpaired) electrons. The first kappa shape index (κ1) is 29.2. The Labute approximate surface area is 233 Å². The number of halogens is 4. The number of hydrogen-bond acceptors (Lipinski definition) is 4. The average Bonchev–Trinajstić information content (AvgIpc) is 3.23. The molecule has 0 atom stereocenters. The summed E-state index contributed by atoms with van der Waals surface area (Å²) in [6, 6.07) is 16.1. The minimum Gasteiger partial charge on any atom is -0.368 e. The Hall–Kier alpha value is -3.83. The van der Waals surface area contributed by atoms with Gasteiger partial charge in [-0.15, -0.1) is 0 Å². The molecule has 0 unspecified atom stereocenters. The number of benzene rings is 3. The molecule has 7 nitrogen and oxygen atoms in total. The lowest BCUT2D eigenvalue weighted by Gasteiger charge is -2.15. The summed E-state index contributed by atoms with van der Waals surface area (Å²) in [5.74, 6) is -1.10. The number of rotatable bonds is 9. The molecule has 0 aliphatic heterocycles. The molecule has 40 heavy (non-hydrogen) atoms. The van der Waals surface area contributed by atoms with Crippen LogP contribution in [0, 0.1) is 0 Å². The van der Waals surface area contributed by atoms with Crippen LogP contribution in [0.25, 0.3) is 10.9 Å². The Morgan fingerprint density at radius 1 is 1.00 bits per heavy atom. The fourth-order valence-corrected chi connectivity index (χ4v) is 5.44. The van der Waals surface area contributed by atoms with Crippen molar-refractivity contribution >= 4 is 44.2 Å². The summed E-state index contributed by atoms with van der Waals surface area (Å²) in [6.45, 7) is 1.44. The summed E-state index contributed by atoms with van der Waals surface area (Å²) >= 11 is 5.80. The Morgan fingerprint density at radius 2 is 1.70 bits per heavy atom. The number of hydrogen-bond donors (Lipinski definition) is 2. The van der Waals surface area contributed by atoms with Crippen molar-refractivity contribution < 1.29 is 31.2 Å². The van der Waals surface area contributed by atoms with Gasteiger partial charge in [0.25, 0.3) is 5.91 Å². The second-order valence-corrected chi connectivity index (χ2v) is 11.9. The summed E-state index contributed by atoms with van der Waals surface area (Å²) in [5, 5.41) is 3.26. The van der Waals surface area contributed by atoms with Gasteiger partial charge in [0.2, 0.25) is 5.91 Å². The van der Waals surface area contributed by atoms with Crippen molar-refractivity contribution in [2.75, 3.05) is 5.75 Å². The van der Waals surface area contributed by atoms with Crippen molar-refractivity contribution in [2.45, 2.75) is 37.5 Å². The van der Waals surface area contributed by atoms with Crippen molar-refractivity contribution in [3.05, 3.63) is 99.7 Å². The third kappa shape index (κ3) is 6.48. The van der Waals surface area contributed by atoms with Crippen LogP contribution < -0.4 is 11.1 Å². The van der Waals surface area contributed by atoms with Crippen LogP contribution >= 0.6 is 11.6 Å². The number of nitrogens with zero attached hydrogens (tertiary/aromatic N) is 1. The molecule has 4 rings (SSSR count). The standard InChI is InChI=1S/C28H25ClF3N3O4S/c1-2-40(38,39)23-8-3-17(4-9-23)15-34-27(37)19-6-10-25-20(11-19)13-22(35(25)16-26(33)36)12-18-5-7-21(29)14-24(18)28(30,31)32/h3-11,13-14H,2,12,15-16H2,1H3,(H2,33,36)(H,34,37). The van der Waals surface area contributed by atoms with E-state index in [9.17, 15) is 31.2 Å². The molecule has 0 saturated carbocycles. The van der Waals surface area contributed by atoms with Crippen molar-refractivity contribution in [2.24, 2.45) is 5.73 Å². The van der Waals surface area contributed by atoms with E-state index in [0.29, 0.717) is 27.7 Å². The van der Waals surface area contributed by atoms with Crippen LogP contribution in [0.5, 0.6) is 0 Å². The van der Waals surface area contributed by atoms with Gasteiger partial charge in [-0.3, -0.25) is 9.59 Å². The lowest BCUT2D eigenvalue weighted by Crippen LogP contribution is -2.23. The van der Waals surface area contributed by atoms with Gasteiger partial charge in [0.05, 0.1) is 16.2 Å². The molecule has 0 bridgehead atoms. The third-order valence-corrected chi connectivity index (χ3v) is 8.41. The van der Waals surface area contributed by atoms with E-state index in [1.165, 1.54) is 28.8 Å². The predicted molar refractivity (Wildman–Crippen MR) is 146 cm³/mol. The number of amides is 2. The molecule has 3 aromatic carbocycles. The largest absolute Gasteiger partial charge is 0.416 e. The maximum atomic E-state index is 13.7. The second-order valence-electron chi connectivity index (χ2n) is 9.17. The summed E-state index contributed by atoms with van der Waals surface area (Å²) < 4.78 is 66.5. The van der Waals surface area contributed by atoms with Gasteiger partial charge in [-0.05, 0) is 59.7 Å². The number of primary amides is 1. The highest BCUT2D eigenvalue weighted by molar-refractivity contribution is 7.91. The first-order valence-electron chi connectivity index (χ1n) is 12.1. The number of sulfone groups is 1. The van der Waals surface area contributed by atoms with Gasteiger partial charge in [-0.1, -0.05) is 36.7 Å². The quantitative estimate of drug-likeness (QED) is 0.282. The van der Waals surface area contributed by atoms with Gasteiger partial charge < -0.3 is 15.6 Å². The molecule has 0 fully saturated rings. The summed E-state index contributed by atoms with van der Waals surface area (Å²) in [7, 11) is -3.33. The molecule has 0 saturated heterocycles. The van der Waals surface area contributed by atoms with Gasteiger partial charge in [-0.2, -0.15) is 13.2 Å². The maximum absolute atomic E-state index is 13.7. The zero-order chi connectivity index (χ0) is 29.2. The molecule has 0 aliphatic rings. The van der Waals surface area contributed by atoms with Crippen LogP contribution in [-0.4, -0.2) is 30.6 Å². The zero-order valence-electron chi connectivity index (χ0n) is 21.3. The molecule has 1 aromatic heterocycles. The molecule has 210 valence electrons. The van der Waals surface area contributed by atoms with E-state index in [-0.39, 0.29) is 40.7 Å². The van der Waals surface area contributed by atoms with Crippen LogP contribution in [0.3, 0.4) is 0 Å². The number of alkyl halides is 3. The van der Waals surface area contributed by atoms with Crippen LogP contribution in [0.15, 0.2) is 71.6 Å². The number of nitrogens with two attached hydrogens (primary N) is 1. The SMILES string of the molecule is CCS(=O)(=O)c1ccc(CNC(=O)c2ccc3c(c2)cc(Cc2ccc(Cl)cc2C(F)(F)F)n3CC(N)=O)cc1. The minimum atomic E-state index is -4.63. The molecule has 3 N–H and O–H groups in total. The minimum absolute atomic E-state index is 0.0162. The highest BCUT2D eigenvalue weighted by Gasteiger charge is 2.33. The zero-order valence-corrected chi connectivity index (χ0v) is 22.8. The molecule has 12 heteroatoms. The van der Waals surface area contributed by atoms with Crippen LogP contribution in [0.2, 0.25) is 5.02 Å². The Bertz CT molecular complexity index is 1700. The highest BCUT2D eigenvalue weighted by atomic mass is 35.5. The Morgan fingerprint density at radius 3 is 2.33 bits per heavy atom. The summed E-state index contributed by atoms with van der Waals surface area (Å²) in [5.41, 5.74) is 6.43. The third-order valence-electron chi connectivity index (χ3n) is 6.43. The summed E-state index contributed by atoms with van der Waals surface area (Å²) in [4.78, 5) is 24.8. The van der Waals surface area contributed by atoms with E-state index >= 15 is 0 Å². The molecule has 1 heterocycles. The summed E-state index contributed by atoms with van der Waals surface area (Å²) in [6.07, 6.45) is -4.78. The molecule has 4 aromatic rings. The Kier molecular flexibility index (Phi) is 8.27. The first-order valence-corrected chi connectivity index (χ1v) is 14.2. The van der Waals surface area contributed by atoms with Crippen molar-refractivity contribution in [3.8, 4) is 0 Å². The van der Waals surface area contributed by atoms with Crippen molar-refractivity contribution in [1.82, 2.24) is 9.88 Å². The predicted octanol–water partition coefficient (Wildman–Crippen LogP) is 5.11. The van der Waals surface area contributed by atoms with E-state index in [4.69, 9.17) is 17.3 Å². The Balaban J connectivity index is 1.60. The number of carbonyl (C=O) groups is 2. The van der Waals surface area contributed by atoms with Crippen molar-refractivity contribution in [1.29, 1.82) is 0 Å². The maximum Gasteiger partial charge on any atom is 0.416 e. The van der Waals surface area contributed by atoms with Gasteiger partial charge in [0.1, 0.15) is 6.54 Å². The van der Waals surface area contributed by atoms with Crippen LogP contribution in [0.1, 0.15) is 39.7 Å². The monoisotopic (exact) mass is 591 g/mol. The average molecular weight is 592 g/mol. The normalized spacial score (nSPS) is 12.0. The highest BCUT2D eigenvalue weighted by Crippen LogP contribution is 2.35. The molecular formula is C28H25ClF3N3O4S. The number of nitrogens with one attached hydrogen (secondary N) is 1. The number of fused-ring (bicyclic) bond motifs is 1. The van der Waals surface area contributed by atoms with Crippen LogP contribution in [-0.2, 0) is 40.3 Å². The van der Waals surface area contributed by atoms with Gasteiger partial charge in [-0.25, -0.2) is 8.42 Å². The van der Waals surface area contributed by atoms with E-state index in [1.54, 1.807) is 43.3 Å². The fourth-order valence-electron chi connectivity index (χ4n) is 4.39. The number of carbonyl (C=O) groups excluding carboxylic acids is 2. The van der Waals surface area contributed by atoms with E-state index in [1.807, 2.05) is 0 Å². The lowest BCUT2D eigenvalue weighted by atomic mass is 10.0.